The zero-order valence-electron chi connectivity index (χ0n) is 11.0. The molecule has 0 amide bonds. The van der Waals surface area contributed by atoms with Gasteiger partial charge in [-0.15, -0.1) is 11.3 Å². The molecular formula is C14H19Cl2NOS. The van der Waals surface area contributed by atoms with E-state index in [4.69, 9.17) is 27.9 Å². The van der Waals surface area contributed by atoms with Crippen molar-refractivity contribution in [2.45, 2.75) is 44.2 Å². The Balaban J connectivity index is 1.67. The summed E-state index contributed by atoms with van der Waals surface area (Å²) in [6.07, 6.45) is 5.13. The molecule has 3 unspecified atom stereocenters. The molecule has 2 heterocycles. The molecular weight excluding hydrogens is 301 g/mol. The highest BCUT2D eigenvalue weighted by Gasteiger charge is 2.39. The second-order valence-corrected chi connectivity index (χ2v) is 8.23. The van der Waals surface area contributed by atoms with Crippen molar-refractivity contribution < 1.29 is 4.74 Å². The Kier molecular flexibility index (Phi) is 4.12. The molecule has 1 aliphatic heterocycles. The van der Waals surface area contributed by atoms with Gasteiger partial charge in [-0.1, -0.05) is 43.0 Å². The van der Waals surface area contributed by atoms with E-state index in [0.29, 0.717) is 0 Å². The monoisotopic (exact) mass is 319 g/mol. The standard InChI is InChI=1S/C14H19Cl2NOS/c1-9-3-2-4-14(6-9)8-18-11(7-17-14)10-5-12(15)19-13(10)16/h5,9,11,17H,2-4,6-8H2,1H3. The quantitative estimate of drug-likeness (QED) is 0.812. The lowest BCUT2D eigenvalue weighted by atomic mass is 9.76. The average Bonchev–Trinajstić information content (AvgIpc) is 2.69. The zero-order valence-corrected chi connectivity index (χ0v) is 13.4. The molecule has 1 aromatic rings. The van der Waals surface area contributed by atoms with Crippen molar-refractivity contribution in [3.8, 4) is 0 Å². The molecule has 1 aliphatic carbocycles. The van der Waals surface area contributed by atoms with E-state index < -0.39 is 0 Å². The molecule has 0 aromatic carbocycles. The van der Waals surface area contributed by atoms with Gasteiger partial charge in [0, 0.05) is 17.6 Å². The molecule has 1 N–H and O–H groups in total. The molecule has 0 bridgehead atoms. The predicted octanol–water partition coefficient (Wildman–Crippen LogP) is 4.66. The fraction of sp³-hybridized carbons (Fsp3) is 0.714. The van der Waals surface area contributed by atoms with E-state index >= 15 is 0 Å². The van der Waals surface area contributed by atoms with Gasteiger partial charge in [0.15, 0.2) is 0 Å². The van der Waals surface area contributed by atoms with E-state index in [-0.39, 0.29) is 11.6 Å². The molecule has 2 fully saturated rings. The largest absolute Gasteiger partial charge is 0.370 e. The maximum Gasteiger partial charge on any atom is 0.100 e. The van der Waals surface area contributed by atoms with Crippen molar-refractivity contribution in [2.75, 3.05) is 13.2 Å². The highest BCUT2D eigenvalue weighted by molar-refractivity contribution is 7.20. The summed E-state index contributed by atoms with van der Waals surface area (Å²) in [5, 5.41) is 3.73. The van der Waals surface area contributed by atoms with Crippen LogP contribution < -0.4 is 5.32 Å². The fourth-order valence-electron chi connectivity index (χ4n) is 3.40. The van der Waals surface area contributed by atoms with Crippen LogP contribution in [-0.4, -0.2) is 18.7 Å². The van der Waals surface area contributed by atoms with Crippen LogP contribution in [0.3, 0.4) is 0 Å². The van der Waals surface area contributed by atoms with Crippen LogP contribution >= 0.6 is 34.5 Å². The molecule has 2 aliphatic rings. The van der Waals surface area contributed by atoms with Gasteiger partial charge in [-0.3, -0.25) is 0 Å². The molecule has 106 valence electrons. The van der Waals surface area contributed by atoms with E-state index in [1.807, 2.05) is 6.07 Å². The predicted molar refractivity (Wildman–Crippen MR) is 81.4 cm³/mol. The lowest BCUT2D eigenvalue weighted by Gasteiger charge is -2.45. The van der Waals surface area contributed by atoms with E-state index in [1.54, 1.807) is 0 Å². The van der Waals surface area contributed by atoms with Crippen LogP contribution in [0.4, 0.5) is 0 Å². The van der Waals surface area contributed by atoms with Crippen molar-refractivity contribution in [2.24, 2.45) is 5.92 Å². The van der Waals surface area contributed by atoms with Crippen molar-refractivity contribution in [1.29, 1.82) is 0 Å². The van der Waals surface area contributed by atoms with Gasteiger partial charge in [0.05, 0.1) is 17.0 Å². The normalized spacial score (nSPS) is 35.7. The first-order valence-electron chi connectivity index (χ1n) is 6.89. The van der Waals surface area contributed by atoms with Gasteiger partial charge >= 0.3 is 0 Å². The van der Waals surface area contributed by atoms with Crippen LogP contribution in [0.25, 0.3) is 0 Å². The number of thiophene rings is 1. The van der Waals surface area contributed by atoms with Crippen LogP contribution in [-0.2, 0) is 4.74 Å². The Bertz CT molecular complexity index is 454. The Hall–Kier alpha value is 0.200. The molecule has 3 atom stereocenters. The molecule has 1 spiro atoms. The second-order valence-electron chi connectivity index (χ2n) is 5.94. The third-order valence-corrected chi connectivity index (χ3v) is 5.86. The minimum absolute atomic E-state index is 0.0408. The summed E-state index contributed by atoms with van der Waals surface area (Å²) in [7, 11) is 0. The maximum atomic E-state index is 6.21. The lowest BCUT2D eigenvalue weighted by Crippen LogP contribution is -2.56. The minimum Gasteiger partial charge on any atom is -0.370 e. The van der Waals surface area contributed by atoms with Crippen molar-refractivity contribution in [3.05, 3.63) is 20.3 Å². The summed E-state index contributed by atoms with van der Waals surface area (Å²) in [6, 6.07) is 1.93. The molecule has 1 saturated carbocycles. The third kappa shape index (κ3) is 2.96. The summed E-state index contributed by atoms with van der Waals surface area (Å²) in [4.78, 5) is 0. The number of hydrogen-bond donors (Lipinski definition) is 1. The molecule has 2 nitrogen and oxygen atoms in total. The summed E-state index contributed by atoms with van der Waals surface area (Å²) in [5.41, 5.74) is 1.23. The highest BCUT2D eigenvalue weighted by atomic mass is 35.5. The third-order valence-electron chi connectivity index (χ3n) is 4.34. The smallest absolute Gasteiger partial charge is 0.100 e. The summed E-state index contributed by atoms with van der Waals surface area (Å²) >= 11 is 13.6. The number of ether oxygens (including phenoxy) is 1. The van der Waals surface area contributed by atoms with Gasteiger partial charge < -0.3 is 10.1 Å². The van der Waals surface area contributed by atoms with E-state index in [9.17, 15) is 0 Å². The topological polar surface area (TPSA) is 21.3 Å². The Morgan fingerprint density at radius 3 is 2.89 bits per heavy atom. The minimum atomic E-state index is 0.0408. The Morgan fingerprint density at radius 2 is 2.32 bits per heavy atom. The van der Waals surface area contributed by atoms with Gasteiger partial charge in [-0.25, -0.2) is 0 Å². The van der Waals surface area contributed by atoms with Gasteiger partial charge in [0.2, 0.25) is 0 Å². The van der Waals surface area contributed by atoms with Crippen LogP contribution in [0.15, 0.2) is 6.07 Å². The first kappa shape index (κ1) is 14.2. The number of halogens is 2. The Morgan fingerprint density at radius 1 is 1.47 bits per heavy atom. The molecule has 0 radical (unpaired) electrons. The number of rotatable bonds is 1. The Labute approximate surface area is 128 Å². The van der Waals surface area contributed by atoms with E-state index in [0.717, 1.165) is 33.3 Å². The van der Waals surface area contributed by atoms with Gasteiger partial charge in [0.1, 0.15) is 4.34 Å². The second kappa shape index (κ2) is 5.53. The maximum absolute atomic E-state index is 6.21. The van der Waals surface area contributed by atoms with Crippen LogP contribution in [0.5, 0.6) is 0 Å². The van der Waals surface area contributed by atoms with E-state index in [2.05, 4.69) is 12.2 Å². The van der Waals surface area contributed by atoms with Crippen LogP contribution in [0, 0.1) is 5.92 Å². The number of morpholine rings is 1. The van der Waals surface area contributed by atoms with E-state index in [1.165, 1.54) is 37.0 Å². The zero-order chi connectivity index (χ0) is 13.5. The molecule has 1 saturated heterocycles. The average molecular weight is 320 g/mol. The molecule has 3 rings (SSSR count). The SMILES string of the molecule is CC1CCCC2(COC(c3cc(Cl)sc3Cl)CN2)C1. The molecule has 5 heteroatoms. The first-order valence-corrected chi connectivity index (χ1v) is 8.47. The summed E-state index contributed by atoms with van der Waals surface area (Å²) in [6.45, 7) is 3.95. The van der Waals surface area contributed by atoms with Crippen LogP contribution in [0.1, 0.15) is 44.3 Å². The van der Waals surface area contributed by atoms with Gasteiger partial charge in [-0.2, -0.15) is 0 Å². The van der Waals surface area contributed by atoms with Gasteiger partial charge in [0.25, 0.3) is 0 Å². The van der Waals surface area contributed by atoms with Crippen molar-refractivity contribution in [3.63, 3.8) is 0 Å². The lowest BCUT2D eigenvalue weighted by molar-refractivity contribution is -0.0525. The van der Waals surface area contributed by atoms with Crippen molar-refractivity contribution >= 4 is 34.5 Å². The first-order chi connectivity index (χ1) is 9.08. The number of nitrogens with one attached hydrogen (secondary N) is 1. The summed E-state index contributed by atoms with van der Waals surface area (Å²) < 4.78 is 7.59. The van der Waals surface area contributed by atoms with Crippen molar-refractivity contribution in [1.82, 2.24) is 5.32 Å². The molecule has 1 aromatic heterocycles. The fourth-order valence-corrected chi connectivity index (χ4v) is 4.96. The van der Waals surface area contributed by atoms with Gasteiger partial charge in [-0.05, 0) is 24.8 Å². The van der Waals surface area contributed by atoms with Crippen LogP contribution in [0.2, 0.25) is 8.67 Å². The molecule has 19 heavy (non-hydrogen) atoms. The highest BCUT2D eigenvalue weighted by Crippen LogP contribution is 2.40. The number of hydrogen-bond acceptors (Lipinski definition) is 3. The summed E-state index contributed by atoms with van der Waals surface area (Å²) in [5.74, 6) is 0.792.